The van der Waals surface area contributed by atoms with Crippen molar-refractivity contribution in [1.82, 2.24) is 4.57 Å². The Kier molecular flexibility index (Phi) is 6.53. The van der Waals surface area contributed by atoms with E-state index in [1.165, 1.54) is 7.11 Å². The smallest absolute Gasteiger partial charge is 0.337 e. The van der Waals surface area contributed by atoms with E-state index in [2.05, 4.69) is 35.0 Å². The van der Waals surface area contributed by atoms with Gasteiger partial charge in [0.25, 0.3) is 0 Å². The molecule has 0 atom stereocenters. The molecule has 0 N–H and O–H groups in total. The van der Waals surface area contributed by atoms with Crippen LogP contribution >= 0.6 is 0 Å². The number of aromatic nitrogens is 1. The highest BCUT2D eigenvalue weighted by Gasteiger charge is 2.08. The summed E-state index contributed by atoms with van der Waals surface area (Å²) in [5.41, 5.74) is 2.81. The SMILES string of the molecule is COC(=O)c1ccc(OCCCn2ccc3c(OCc4ccccc4)cccc32)cc1. The molecular formula is C26H25NO4. The second-order valence-electron chi connectivity index (χ2n) is 7.19. The van der Waals surface area contributed by atoms with Gasteiger partial charge in [0.2, 0.25) is 0 Å². The van der Waals surface area contributed by atoms with Gasteiger partial charge in [-0.05, 0) is 54.4 Å². The van der Waals surface area contributed by atoms with Gasteiger partial charge in [-0.3, -0.25) is 0 Å². The minimum atomic E-state index is -0.349. The minimum Gasteiger partial charge on any atom is -0.494 e. The number of hydrogen-bond donors (Lipinski definition) is 0. The molecule has 1 aromatic heterocycles. The topological polar surface area (TPSA) is 49.7 Å². The van der Waals surface area contributed by atoms with E-state index >= 15 is 0 Å². The van der Waals surface area contributed by atoms with Crippen LogP contribution in [0.15, 0.2) is 85.1 Å². The van der Waals surface area contributed by atoms with Gasteiger partial charge < -0.3 is 18.8 Å². The number of benzene rings is 3. The van der Waals surface area contributed by atoms with Gasteiger partial charge in [-0.25, -0.2) is 4.79 Å². The summed E-state index contributed by atoms with van der Waals surface area (Å²) < 4.78 is 18.8. The third kappa shape index (κ3) is 5.07. The molecule has 0 bridgehead atoms. The summed E-state index contributed by atoms with van der Waals surface area (Å²) in [6.07, 6.45) is 2.95. The first-order chi connectivity index (χ1) is 15.2. The van der Waals surface area contributed by atoms with Gasteiger partial charge in [-0.15, -0.1) is 0 Å². The van der Waals surface area contributed by atoms with E-state index in [0.29, 0.717) is 18.8 Å². The van der Waals surface area contributed by atoms with Crippen LogP contribution in [0.25, 0.3) is 10.9 Å². The molecular weight excluding hydrogens is 390 g/mol. The molecule has 0 amide bonds. The molecule has 5 nitrogen and oxygen atoms in total. The number of rotatable bonds is 9. The number of carbonyl (C=O) groups excluding carboxylic acids is 1. The lowest BCUT2D eigenvalue weighted by atomic mass is 10.2. The number of methoxy groups -OCH3 is 1. The van der Waals surface area contributed by atoms with Crippen molar-refractivity contribution in [1.29, 1.82) is 0 Å². The number of nitrogens with zero attached hydrogens (tertiary/aromatic N) is 1. The number of aryl methyl sites for hydroxylation is 1. The Morgan fingerprint density at radius 3 is 2.45 bits per heavy atom. The van der Waals surface area contributed by atoms with E-state index in [1.54, 1.807) is 24.3 Å². The number of hydrogen-bond acceptors (Lipinski definition) is 4. The van der Waals surface area contributed by atoms with Crippen LogP contribution in [0.4, 0.5) is 0 Å². The van der Waals surface area contributed by atoms with Crippen molar-refractivity contribution < 1.29 is 19.0 Å². The molecule has 0 unspecified atom stereocenters. The quantitative estimate of drug-likeness (QED) is 0.268. The molecule has 0 radical (unpaired) electrons. The van der Waals surface area contributed by atoms with Crippen molar-refractivity contribution in [2.75, 3.05) is 13.7 Å². The van der Waals surface area contributed by atoms with Gasteiger partial charge in [-0.1, -0.05) is 36.4 Å². The lowest BCUT2D eigenvalue weighted by molar-refractivity contribution is 0.0600. The lowest BCUT2D eigenvalue weighted by Crippen LogP contribution is -2.04. The summed E-state index contributed by atoms with van der Waals surface area (Å²) in [7, 11) is 1.37. The molecule has 0 spiro atoms. The van der Waals surface area contributed by atoms with Crippen LogP contribution in [0.2, 0.25) is 0 Å². The maximum Gasteiger partial charge on any atom is 0.337 e. The largest absolute Gasteiger partial charge is 0.494 e. The molecule has 3 aromatic carbocycles. The summed E-state index contributed by atoms with van der Waals surface area (Å²) in [6.45, 7) is 1.97. The van der Waals surface area contributed by atoms with Crippen LogP contribution in [0.1, 0.15) is 22.3 Å². The van der Waals surface area contributed by atoms with Crippen molar-refractivity contribution in [3.05, 3.63) is 96.2 Å². The van der Waals surface area contributed by atoms with Gasteiger partial charge >= 0.3 is 5.97 Å². The van der Waals surface area contributed by atoms with Gasteiger partial charge in [0, 0.05) is 18.1 Å². The number of ether oxygens (including phenoxy) is 3. The second-order valence-corrected chi connectivity index (χ2v) is 7.19. The molecule has 158 valence electrons. The van der Waals surface area contributed by atoms with Crippen LogP contribution in [0.3, 0.4) is 0 Å². The second kappa shape index (κ2) is 9.85. The summed E-state index contributed by atoms with van der Waals surface area (Å²) in [5, 5.41) is 1.11. The third-order valence-corrected chi connectivity index (χ3v) is 5.10. The molecule has 0 aliphatic rings. The van der Waals surface area contributed by atoms with Gasteiger partial charge in [-0.2, -0.15) is 0 Å². The standard InChI is InChI=1S/C26H25NO4/c1-29-26(28)21-11-13-22(14-12-21)30-18-6-16-27-17-15-23-24(27)9-5-10-25(23)31-19-20-7-3-2-4-8-20/h2-5,7-15,17H,6,16,18-19H2,1H3. The van der Waals surface area contributed by atoms with Crippen LogP contribution in [0.5, 0.6) is 11.5 Å². The van der Waals surface area contributed by atoms with Crippen LogP contribution in [-0.4, -0.2) is 24.3 Å². The van der Waals surface area contributed by atoms with Gasteiger partial charge in [0.15, 0.2) is 0 Å². The highest BCUT2D eigenvalue weighted by molar-refractivity contribution is 5.89. The van der Waals surface area contributed by atoms with E-state index in [4.69, 9.17) is 14.2 Å². The first-order valence-corrected chi connectivity index (χ1v) is 10.3. The fourth-order valence-electron chi connectivity index (χ4n) is 3.48. The molecule has 5 heteroatoms. The Morgan fingerprint density at radius 2 is 1.68 bits per heavy atom. The maximum atomic E-state index is 11.5. The number of fused-ring (bicyclic) bond motifs is 1. The average Bonchev–Trinajstić information content (AvgIpc) is 3.24. The van der Waals surface area contributed by atoms with Crippen LogP contribution in [0, 0.1) is 0 Å². The lowest BCUT2D eigenvalue weighted by Gasteiger charge is -2.10. The zero-order chi connectivity index (χ0) is 21.5. The first-order valence-electron chi connectivity index (χ1n) is 10.3. The van der Waals surface area contributed by atoms with E-state index < -0.39 is 0 Å². The molecule has 4 aromatic rings. The Morgan fingerprint density at radius 1 is 0.871 bits per heavy atom. The normalized spacial score (nSPS) is 10.7. The third-order valence-electron chi connectivity index (χ3n) is 5.10. The number of carbonyl (C=O) groups is 1. The molecule has 0 saturated heterocycles. The fraction of sp³-hybridized carbons (Fsp3) is 0.192. The molecule has 1 heterocycles. The zero-order valence-corrected chi connectivity index (χ0v) is 17.5. The van der Waals surface area contributed by atoms with Crippen LogP contribution in [-0.2, 0) is 17.9 Å². The molecule has 0 saturated carbocycles. The van der Waals surface area contributed by atoms with Crippen molar-refractivity contribution in [2.24, 2.45) is 0 Å². The highest BCUT2D eigenvalue weighted by atomic mass is 16.5. The summed E-state index contributed by atoms with van der Waals surface area (Å²) in [6, 6.07) is 25.4. The molecule has 0 aliphatic heterocycles. The monoisotopic (exact) mass is 415 g/mol. The van der Waals surface area contributed by atoms with Crippen molar-refractivity contribution in [3.8, 4) is 11.5 Å². The Labute approximate surface area is 181 Å². The van der Waals surface area contributed by atoms with Crippen molar-refractivity contribution >= 4 is 16.9 Å². The van der Waals surface area contributed by atoms with Crippen LogP contribution < -0.4 is 9.47 Å². The van der Waals surface area contributed by atoms with E-state index in [0.717, 1.165) is 40.9 Å². The summed E-state index contributed by atoms with van der Waals surface area (Å²) in [5.74, 6) is 1.28. The van der Waals surface area contributed by atoms with Crippen molar-refractivity contribution in [3.63, 3.8) is 0 Å². The fourth-order valence-corrected chi connectivity index (χ4v) is 3.48. The van der Waals surface area contributed by atoms with E-state index in [-0.39, 0.29) is 5.97 Å². The molecule has 4 rings (SSSR count). The predicted octanol–water partition coefficient (Wildman–Crippen LogP) is 5.48. The Balaban J connectivity index is 1.32. The van der Waals surface area contributed by atoms with E-state index in [1.807, 2.05) is 30.3 Å². The molecule has 31 heavy (non-hydrogen) atoms. The Bertz CT molecular complexity index is 1130. The predicted molar refractivity (Wildman–Crippen MR) is 121 cm³/mol. The maximum absolute atomic E-state index is 11.5. The highest BCUT2D eigenvalue weighted by Crippen LogP contribution is 2.27. The average molecular weight is 415 g/mol. The Hall–Kier alpha value is -3.73. The van der Waals surface area contributed by atoms with Crippen molar-refractivity contribution in [2.45, 2.75) is 19.6 Å². The van der Waals surface area contributed by atoms with Gasteiger partial charge in [0.1, 0.15) is 18.1 Å². The molecule has 0 fully saturated rings. The van der Waals surface area contributed by atoms with Gasteiger partial charge in [0.05, 0.1) is 24.8 Å². The molecule has 0 aliphatic carbocycles. The number of esters is 1. The zero-order valence-electron chi connectivity index (χ0n) is 17.5. The van der Waals surface area contributed by atoms with E-state index in [9.17, 15) is 4.79 Å². The first kappa shape index (κ1) is 20.5. The summed E-state index contributed by atoms with van der Waals surface area (Å²) in [4.78, 5) is 11.5. The minimum absolute atomic E-state index is 0.349. The summed E-state index contributed by atoms with van der Waals surface area (Å²) >= 11 is 0.